The van der Waals surface area contributed by atoms with E-state index in [2.05, 4.69) is 0 Å². The Morgan fingerprint density at radius 3 is 2.36 bits per heavy atom. The summed E-state index contributed by atoms with van der Waals surface area (Å²) in [5.41, 5.74) is 4.38. The number of aliphatic hydroxyl groups excluding tert-OH is 1. The molecule has 1 saturated heterocycles. The van der Waals surface area contributed by atoms with E-state index in [9.17, 15) is 19.8 Å². The van der Waals surface area contributed by atoms with Gasteiger partial charge in [0, 0.05) is 11.3 Å². The number of phenolic OH excluding ortho intramolecular Hbond substituents is 1. The molecule has 0 aromatic heterocycles. The van der Waals surface area contributed by atoms with E-state index < -0.39 is 17.7 Å². The molecule has 4 rings (SSSR count). The second-order valence-corrected chi connectivity index (χ2v) is 9.32. The monoisotopic (exact) mass is 485 g/mol. The number of phenols is 1. The number of anilines is 1. The van der Waals surface area contributed by atoms with E-state index in [1.165, 1.54) is 17.0 Å². The first-order valence-electron chi connectivity index (χ1n) is 12.1. The average Bonchev–Trinajstić information content (AvgIpc) is 3.11. The largest absolute Gasteiger partial charge is 0.508 e. The number of rotatable bonds is 6. The number of nitrogens with zero attached hydrogens (tertiary/aromatic N) is 1. The smallest absolute Gasteiger partial charge is 0.300 e. The molecule has 0 spiro atoms. The molecule has 1 heterocycles. The number of Topliss-reactive ketones (excluding diaryl/α,β-unsaturated/α-hetero) is 1. The number of aliphatic hydroxyl groups is 1. The molecular formula is C30H31NO5. The van der Waals surface area contributed by atoms with Gasteiger partial charge in [0.2, 0.25) is 0 Å². The summed E-state index contributed by atoms with van der Waals surface area (Å²) in [6.45, 7) is 10.3. The van der Waals surface area contributed by atoms with Crippen molar-refractivity contribution >= 4 is 23.1 Å². The Labute approximate surface area is 211 Å². The van der Waals surface area contributed by atoms with Gasteiger partial charge < -0.3 is 14.9 Å². The van der Waals surface area contributed by atoms with E-state index in [0.29, 0.717) is 23.4 Å². The number of aromatic hydroxyl groups is 1. The molecular weight excluding hydrogens is 454 g/mol. The number of ketones is 1. The number of carbonyl (C=O) groups excluding carboxylic acids is 2. The van der Waals surface area contributed by atoms with Gasteiger partial charge in [0.05, 0.1) is 18.2 Å². The lowest BCUT2D eigenvalue weighted by molar-refractivity contribution is -0.132. The van der Waals surface area contributed by atoms with Crippen LogP contribution in [0.4, 0.5) is 5.69 Å². The Hall–Kier alpha value is -4.06. The quantitative estimate of drug-likeness (QED) is 0.248. The van der Waals surface area contributed by atoms with Crippen LogP contribution in [-0.4, -0.2) is 28.5 Å². The van der Waals surface area contributed by atoms with Crippen molar-refractivity contribution in [2.24, 2.45) is 0 Å². The lowest BCUT2D eigenvalue weighted by Gasteiger charge is -2.27. The van der Waals surface area contributed by atoms with E-state index in [0.717, 1.165) is 22.4 Å². The molecule has 36 heavy (non-hydrogen) atoms. The highest BCUT2D eigenvalue weighted by Crippen LogP contribution is 2.44. The Kier molecular flexibility index (Phi) is 6.88. The van der Waals surface area contributed by atoms with Gasteiger partial charge >= 0.3 is 0 Å². The summed E-state index contributed by atoms with van der Waals surface area (Å²) >= 11 is 0. The van der Waals surface area contributed by atoms with Crippen LogP contribution in [0.15, 0.2) is 66.2 Å². The van der Waals surface area contributed by atoms with Crippen molar-refractivity contribution in [2.45, 2.75) is 46.6 Å². The zero-order chi connectivity index (χ0) is 26.1. The van der Waals surface area contributed by atoms with Crippen molar-refractivity contribution in [2.75, 3.05) is 11.5 Å². The van der Waals surface area contributed by atoms with Gasteiger partial charge in [-0.25, -0.2) is 0 Å². The zero-order valence-electron chi connectivity index (χ0n) is 21.2. The number of hydrogen-bond donors (Lipinski definition) is 2. The van der Waals surface area contributed by atoms with Gasteiger partial charge in [0.25, 0.3) is 11.7 Å². The molecule has 186 valence electrons. The normalized spacial score (nSPS) is 17.2. The minimum absolute atomic E-state index is 0.00506. The maximum Gasteiger partial charge on any atom is 0.300 e. The maximum atomic E-state index is 13.5. The first-order valence-corrected chi connectivity index (χ1v) is 12.1. The van der Waals surface area contributed by atoms with Gasteiger partial charge in [-0.15, -0.1) is 0 Å². The third kappa shape index (κ3) is 4.35. The molecule has 1 fully saturated rings. The summed E-state index contributed by atoms with van der Waals surface area (Å²) in [7, 11) is 0. The lowest BCUT2D eigenvalue weighted by Crippen LogP contribution is -2.30. The van der Waals surface area contributed by atoms with Gasteiger partial charge in [-0.2, -0.15) is 0 Å². The maximum absolute atomic E-state index is 13.5. The summed E-state index contributed by atoms with van der Waals surface area (Å²) in [5.74, 6) is -0.816. The molecule has 0 aliphatic carbocycles. The van der Waals surface area contributed by atoms with Crippen LogP contribution in [0.5, 0.6) is 11.5 Å². The second kappa shape index (κ2) is 9.90. The fourth-order valence-corrected chi connectivity index (χ4v) is 4.64. The Bertz CT molecular complexity index is 1350. The summed E-state index contributed by atoms with van der Waals surface area (Å²) < 4.78 is 5.75. The molecule has 6 nitrogen and oxygen atoms in total. The molecule has 1 unspecified atom stereocenters. The molecule has 0 radical (unpaired) electrons. The van der Waals surface area contributed by atoms with Gasteiger partial charge in [-0.1, -0.05) is 38.1 Å². The Morgan fingerprint density at radius 1 is 1.03 bits per heavy atom. The molecule has 1 atom stereocenters. The van der Waals surface area contributed by atoms with Crippen LogP contribution in [0.1, 0.15) is 60.5 Å². The summed E-state index contributed by atoms with van der Waals surface area (Å²) in [6, 6.07) is 16.3. The van der Waals surface area contributed by atoms with Crippen LogP contribution in [-0.2, 0) is 9.59 Å². The third-order valence-electron chi connectivity index (χ3n) is 6.69. The van der Waals surface area contributed by atoms with Crippen molar-refractivity contribution in [3.8, 4) is 11.5 Å². The Balaban J connectivity index is 1.96. The van der Waals surface area contributed by atoms with Crippen molar-refractivity contribution in [1.29, 1.82) is 0 Å². The van der Waals surface area contributed by atoms with Crippen molar-refractivity contribution in [1.82, 2.24) is 0 Å². The highest BCUT2D eigenvalue weighted by Gasteiger charge is 2.47. The molecule has 2 N–H and O–H groups in total. The van der Waals surface area contributed by atoms with E-state index in [1.54, 1.807) is 30.3 Å². The molecule has 3 aromatic rings. The minimum Gasteiger partial charge on any atom is -0.508 e. The summed E-state index contributed by atoms with van der Waals surface area (Å²) in [5, 5.41) is 21.4. The van der Waals surface area contributed by atoms with Crippen LogP contribution in [0.2, 0.25) is 0 Å². The van der Waals surface area contributed by atoms with Crippen LogP contribution in [0.25, 0.3) is 5.76 Å². The minimum atomic E-state index is -0.861. The first-order chi connectivity index (χ1) is 17.1. The molecule has 0 bridgehead atoms. The Morgan fingerprint density at radius 2 is 1.72 bits per heavy atom. The van der Waals surface area contributed by atoms with Crippen LogP contribution >= 0.6 is 0 Å². The van der Waals surface area contributed by atoms with Crippen molar-refractivity contribution < 1.29 is 24.5 Å². The molecule has 0 saturated carbocycles. The number of ether oxygens (including phenoxy) is 1. The van der Waals surface area contributed by atoms with Crippen LogP contribution in [0.3, 0.4) is 0 Å². The topological polar surface area (TPSA) is 87.1 Å². The zero-order valence-corrected chi connectivity index (χ0v) is 21.2. The number of hydrogen-bond acceptors (Lipinski definition) is 5. The number of amides is 1. The predicted molar refractivity (Wildman–Crippen MR) is 141 cm³/mol. The van der Waals surface area contributed by atoms with E-state index in [1.807, 2.05) is 52.8 Å². The van der Waals surface area contributed by atoms with Gasteiger partial charge in [0.1, 0.15) is 17.3 Å². The standard InChI is InChI=1S/C30H31NO5/c1-6-36-25-15-12-21(16-23(25)17(2)3)28(33)26-27(20-10-13-22(32)14-11-20)31(30(35)29(26)34)24-9-7-8-18(4)19(24)5/h7-17,27,32-33H,6H2,1-5H3/b28-26+. The molecule has 1 aliphatic heterocycles. The van der Waals surface area contributed by atoms with E-state index in [4.69, 9.17) is 4.74 Å². The number of carbonyl (C=O) groups is 2. The fourth-order valence-electron chi connectivity index (χ4n) is 4.64. The van der Waals surface area contributed by atoms with Crippen molar-refractivity contribution in [3.63, 3.8) is 0 Å². The third-order valence-corrected chi connectivity index (χ3v) is 6.69. The van der Waals surface area contributed by atoms with E-state index in [-0.39, 0.29) is 23.0 Å². The van der Waals surface area contributed by atoms with E-state index >= 15 is 0 Å². The summed E-state index contributed by atoms with van der Waals surface area (Å²) in [6.07, 6.45) is 0. The molecule has 1 aliphatic rings. The number of aryl methyl sites for hydroxylation is 1. The van der Waals surface area contributed by atoms with Crippen LogP contribution < -0.4 is 9.64 Å². The summed E-state index contributed by atoms with van der Waals surface area (Å²) in [4.78, 5) is 28.3. The number of benzene rings is 3. The molecule has 1 amide bonds. The second-order valence-electron chi connectivity index (χ2n) is 9.32. The fraction of sp³-hybridized carbons (Fsp3) is 0.267. The average molecular weight is 486 g/mol. The predicted octanol–water partition coefficient (Wildman–Crippen LogP) is 6.16. The highest BCUT2D eigenvalue weighted by atomic mass is 16.5. The van der Waals surface area contributed by atoms with Gasteiger partial charge in [-0.05, 0) is 85.3 Å². The lowest BCUT2D eigenvalue weighted by atomic mass is 9.93. The highest BCUT2D eigenvalue weighted by molar-refractivity contribution is 6.51. The van der Waals surface area contributed by atoms with Crippen molar-refractivity contribution in [3.05, 3.63) is 94.1 Å². The SMILES string of the molecule is CCOc1ccc(/C(O)=C2\C(=O)C(=O)N(c3cccc(C)c3C)C2c2ccc(O)cc2)cc1C(C)C. The first kappa shape index (κ1) is 25.0. The molecule has 6 heteroatoms. The van der Waals surface area contributed by atoms with Gasteiger partial charge in [0.15, 0.2) is 0 Å². The molecule has 3 aromatic carbocycles. The van der Waals surface area contributed by atoms with Gasteiger partial charge in [-0.3, -0.25) is 14.5 Å². The van der Waals surface area contributed by atoms with Crippen LogP contribution in [0, 0.1) is 13.8 Å².